The molecule has 2 N–H and O–H groups in total. The first-order chi connectivity index (χ1) is 11.5. The summed E-state index contributed by atoms with van der Waals surface area (Å²) in [5.41, 5.74) is 0. The molecule has 1 aliphatic rings. The Morgan fingerprint density at radius 1 is 1.56 bits per heavy atom. The van der Waals surface area contributed by atoms with Crippen molar-refractivity contribution < 1.29 is 9.53 Å². The molecule has 142 valence electrons. The quantitative estimate of drug-likeness (QED) is 0.354. The van der Waals surface area contributed by atoms with E-state index in [9.17, 15) is 4.79 Å². The zero-order chi connectivity index (χ0) is 17.5. The highest BCUT2D eigenvalue weighted by atomic mass is 127. The molecule has 2 rings (SSSR count). The number of amides is 1. The number of aliphatic imine (C=N–C) groups is 1. The topological polar surface area (TPSA) is 96.7 Å². The predicted molar refractivity (Wildman–Crippen MR) is 106 cm³/mol. The molecule has 1 atom stereocenters. The minimum absolute atomic E-state index is 0. The van der Waals surface area contributed by atoms with Crippen molar-refractivity contribution in [2.75, 3.05) is 27.2 Å². The number of carbonyl (C=O) groups excluding carboxylic acids is 1. The zero-order valence-corrected chi connectivity index (χ0v) is 17.6. The highest BCUT2D eigenvalue weighted by Crippen LogP contribution is 2.32. The molecule has 0 bridgehead atoms. The minimum atomic E-state index is -0.362. The van der Waals surface area contributed by atoms with E-state index in [-0.39, 0.29) is 36.1 Å². The third-order valence-electron chi connectivity index (χ3n) is 4.01. The van der Waals surface area contributed by atoms with Gasteiger partial charge in [-0.15, -0.1) is 24.0 Å². The van der Waals surface area contributed by atoms with Crippen molar-refractivity contribution in [1.82, 2.24) is 30.3 Å². The van der Waals surface area contributed by atoms with Gasteiger partial charge in [0.1, 0.15) is 12.2 Å². The third-order valence-corrected chi connectivity index (χ3v) is 4.01. The maximum atomic E-state index is 11.7. The van der Waals surface area contributed by atoms with Gasteiger partial charge in [-0.05, 0) is 25.7 Å². The monoisotopic (exact) mass is 465 g/mol. The molecule has 0 saturated heterocycles. The van der Waals surface area contributed by atoms with Crippen molar-refractivity contribution in [3.8, 4) is 0 Å². The lowest BCUT2D eigenvalue weighted by Gasteiger charge is -2.24. The van der Waals surface area contributed by atoms with Crippen LogP contribution in [0.2, 0.25) is 0 Å². The maximum Gasteiger partial charge on any atom is 0.407 e. The van der Waals surface area contributed by atoms with E-state index in [1.807, 2.05) is 19.0 Å². The number of ether oxygens (including phenoxy) is 1. The number of aryl methyl sites for hydroxylation is 1. The summed E-state index contributed by atoms with van der Waals surface area (Å²) in [6, 6.07) is 0.0454. The first kappa shape index (κ1) is 21.5. The zero-order valence-electron chi connectivity index (χ0n) is 15.2. The summed E-state index contributed by atoms with van der Waals surface area (Å²) in [7, 11) is 5.54. The van der Waals surface area contributed by atoms with Crippen molar-refractivity contribution in [3.05, 3.63) is 12.2 Å². The van der Waals surface area contributed by atoms with Crippen molar-refractivity contribution in [3.63, 3.8) is 0 Å². The van der Waals surface area contributed by atoms with E-state index in [1.54, 1.807) is 18.7 Å². The highest BCUT2D eigenvalue weighted by molar-refractivity contribution is 14.0. The molecule has 1 aromatic heterocycles. The molecule has 10 heteroatoms. The van der Waals surface area contributed by atoms with Crippen LogP contribution >= 0.6 is 24.0 Å². The Labute approximate surface area is 165 Å². The van der Waals surface area contributed by atoms with Gasteiger partial charge in [0.15, 0.2) is 5.96 Å². The number of carbonyl (C=O) groups is 1. The fraction of sp³-hybridized carbons (Fsp3) is 0.733. The van der Waals surface area contributed by atoms with Crippen LogP contribution < -0.4 is 10.6 Å². The van der Waals surface area contributed by atoms with Crippen molar-refractivity contribution >= 4 is 36.0 Å². The second kappa shape index (κ2) is 10.4. The van der Waals surface area contributed by atoms with Crippen molar-refractivity contribution in [2.24, 2.45) is 18.0 Å². The third kappa shape index (κ3) is 6.67. The van der Waals surface area contributed by atoms with Crippen LogP contribution in [0.4, 0.5) is 4.79 Å². The second-order valence-corrected chi connectivity index (χ2v) is 5.89. The number of hydrogen-bond acceptors (Lipinski definition) is 5. The summed E-state index contributed by atoms with van der Waals surface area (Å²) >= 11 is 0. The van der Waals surface area contributed by atoms with E-state index in [0.717, 1.165) is 24.6 Å². The number of alkyl carbamates (subject to hydrolysis) is 1. The van der Waals surface area contributed by atoms with Crippen LogP contribution in [0, 0.1) is 5.92 Å². The number of nitrogens with one attached hydrogen (secondary N) is 2. The van der Waals surface area contributed by atoms with Crippen LogP contribution in [0.3, 0.4) is 0 Å². The van der Waals surface area contributed by atoms with Gasteiger partial charge >= 0.3 is 6.09 Å². The fourth-order valence-corrected chi connectivity index (χ4v) is 2.49. The van der Waals surface area contributed by atoms with Gasteiger partial charge in [-0.3, -0.25) is 9.67 Å². The van der Waals surface area contributed by atoms with Gasteiger partial charge in [0.05, 0.1) is 19.2 Å². The summed E-state index contributed by atoms with van der Waals surface area (Å²) in [4.78, 5) is 22.1. The van der Waals surface area contributed by atoms with E-state index >= 15 is 0 Å². The maximum absolute atomic E-state index is 11.7. The molecule has 0 radical (unpaired) electrons. The second-order valence-electron chi connectivity index (χ2n) is 5.89. The highest BCUT2D eigenvalue weighted by Gasteiger charge is 2.32. The van der Waals surface area contributed by atoms with E-state index in [1.165, 1.54) is 6.33 Å². The van der Waals surface area contributed by atoms with Crippen LogP contribution in [-0.2, 0) is 18.3 Å². The van der Waals surface area contributed by atoms with Gasteiger partial charge in [-0.1, -0.05) is 0 Å². The molecule has 1 fully saturated rings. The molecule has 1 amide bonds. The Bertz CT molecular complexity index is 574. The van der Waals surface area contributed by atoms with Gasteiger partial charge in [0.2, 0.25) is 0 Å². The first-order valence-corrected chi connectivity index (χ1v) is 8.23. The van der Waals surface area contributed by atoms with Crippen LogP contribution in [0.5, 0.6) is 0 Å². The SMILES string of the molecule is CCOC(=O)NC(CNC(=NC)N(C)Cc1ncnn1C)C1CC1.I. The Morgan fingerprint density at radius 3 is 2.80 bits per heavy atom. The van der Waals surface area contributed by atoms with Crippen LogP contribution in [0.25, 0.3) is 0 Å². The van der Waals surface area contributed by atoms with Gasteiger partial charge < -0.3 is 20.3 Å². The Morgan fingerprint density at radius 2 is 2.28 bits per heavy atom. The van der Waals surface area contributed by atoms with Crippen LogP contribution in [0.1, 0.15) is 25.6 Å². The van der Waals surface area contributed by atoms with Crippen LogP contribution in [0.15, 0.2) is 11.3 Å². The molecule has 1 saturated carbocycles. The van der Waals surface area contributed by atoms with E-state index in [0.29, 0.717) is 25.6 Å². The lowest BCUT2D eigenvalue weighted by Crippen LogP contribution is -2.48. The Hall–Kier alpha value is -1.59. The van der Waals surface area contributed by atoms with Crippen molar-refractivity contribution in [1.29, 1.82) is 0 Å². The molecular formula is C15H28IN7O2. The lowest BCUT2D eigenvalue weighted by atomic mass is 10.2. The predicted octanol–water partition coefficient (Wildman–Crippen LogP) is 0.965. The molecule has 9 nitrogen and oxygen atoms in total. The van der Waals surface area contributed by atoms with E-state index in [4.69, 9.17) is 4.74 Å². The van der Waals surface area contributed by atoms with Gasteiger partial charge in [-0.25, -0.2) is 9.78 Å². The van der Waals surface area contributed by atoms with E-state index in [2.05, 4.69) is 25.7 Å². The standard InChI is InChI=1S/C15H27N7O2.HI/c1-5-24-15(23)20-12(11-6-7-11)8-17-14(16-2)21(3)9-13-18-10-19-22(13)4;/h10-12H,5-9H2,1-4H3,(H,16,17)(H,20,23);1H. The summed E-state index contributed by atoms with van der Waals surface area (Å²) in [5, 5.41) is 10.3. The molecule has 1 heterocycles. The average molecular weight is 465 g/mol. The minimum Gasteiger partial charge on any atom is -0.450 e. The molecule has 1 unspecified atom stereocenters. The van der Waals surface area contributed by atoms with Gasteiger partial charge in [-0.2, -0.15) is 5.10 Å². The van der Waals surface area contributed by atoms with Crippen molar-refractivity contribution in [2.45, 2.75) is 32.4 Å². The smallest absolute Gasteiger partial charge is 0.407 e. The molecular weight excluding hydrogens is 437 g/mol. The number of hydrogen-bond donors (Lipinski definition) is 2. The summed E-state index contributed by atoms with van der Waals surface area (Å²) in [5.74, 6) is 2.10. The number of nitrogens with zero attached hydrogens (tertiary/aromatic N) is 5. The normalized spacial score (nSPS) is 15.1. The Balaban J connectivity index is 0.00000312. The first-order valence-electron chi connectivity index (χ1n) is 8.23. The average Bonchev–Trinajstić information content (AvgIpc) is 3.31. The molecule has 1 aromatic rings. The largest absolute Gasteiger partial charge is 0.450 e. The number of guanidine groups is 1. The molecule has 0 aromatic carbocycles. The molecule has 0 aliphatic heterocycles. The summed E-state index contributed by atoms with van der Waals surface area (Å²) < 4.78 is 6.71. The molecule has 25 heavy (non-hydrogen) atoms. The Kier molecular flexibility index (Phi) is 8.93. The molecule has 0 spiro atoms. The number of halogens is 1. The van der Waals surface area contributed by atoms with Gasteiger partial charge in [0.25, 0.3) is 0 Å². The lowest BCUT2D eigenvalue weighted by molar-refractivity contribution is 0.146. The van der Waals surface area contributed by atoms with Crippen LogP contribution in [-0.4, -0.2) is 65.0 Å². The van der Waals surface area contributed by atoms with Gasteiger partial charge in [0, 0.05) is 27.7 Å². The summed E-state index contributed by atoms with van der Waals surface area (Å²) in [6.45, 7) is 3.38. The fourth-order valence-electron chi connectivity index (χ4n) is 2.49. The number of aromatic nitrogens is 3. The summed E-state index contributed by atoms with van der Waals surface area (Å²) in [6.07, 6.45) is 3.43. The molecule has 1 aliphatic carbocycles. The number of rotatable bonds is 7. The van der Waals surface area contributed by atoms with E-state index < -0.39 is 0 Å².